The van der Waals surface area contributed by atoms with Crippen molar-refractivity contribution in [3.8, 4) is 5.75 Å². The number of hydrogen-bond acceptors (Lipinski definition) is 5. The van der Waals surface area contributed by atoms with Gasteiger partial charge in [-0.1, -0.05) is 48.7 Å². The minimum Gasteiger partial charge on any atom is -0.497 e. The lowest BCUT2D eigenvalue weighted by molar-refractivity contribution is -0.139. The average Bonchev–Trinajstić information content (AvgIpc) is 2.81. The molecule has 0 fully saturated rings. The lowest BCUT2D eigenvalue weighted by atomic mass is 10.1. The Morgan fingerprint density at radius 2 is 1.86 bits per heavy atom. The lowest BCUT2D eigenvalue weighted by Crippen LogP contribution is -2.51. The topological polar surface area (TPSA) is 96.0 Å². The Kier molecular flexibility index (Phi) is 10.7. The first-order chi connectivity index (χ1) is 16.5. The van der Waals surface area contributed by atoms with Crippen LogP contribution in [-0.2, 0) is 26.2 Å². The van der Waals surface area contributed by atoms with Crippen molar-refractivity contribution < 1.29 is 22.7 Å². The third kappa shape index (κ3) is 8.30. The van der Waals surface area contributed by atoms with E-state index in [-0.39, 0.29) is 28.2 Å². The first-order valence-corrected chi connectivity index (χ1v) is 13.7. The van der Waals surface area contributed by atoms with Gasteiger partial charge in [0, 0.05) is 18.1 Å². The zero-order valence-corrected chi connectivity index (χ0v) is 22.6. The number of amides is 2. The van der Waals surface area contributed by atoms with E-state index in [0.717, 1.165) is 29.0 Å². The molecule has 0 aliphatic heterocycles. The summed E-state index contributed by atoms with van der Waals surface area (Å²) in [4.78, 5) is 27.7. The van der Waals surface area contributed by atoms with E-state index in [2.05, 4.69) is 5.32 Å². The van der Waals surface area contributed by atoms with Crippen molar-refractivity contribution in [2.75, 3.05) is 30.8 Å². The van der Waals surface area contributed by atoms with Crippen LogP contribution in [0.4, 0.5) is 5.69 Å². The van der Waals surface area contributed by atoms with E-state index >= 15 is 0 Å². The molecule has 0 aromatic heterocycles. The Bertz CT molecular complexity index is 1140. The van der Waals surface area contributed by atoms with Crippen LogP contribution < -0.4 is 14.4 Å². The van der Waals surface area contributed by atoms with Crippen LogP contribution in [0.15, 0.2) is 42.5 Å². The molecule has 0 saturated heterocycles. The van der Waals surface area contributed by atoms with Crippen LogP contribution in [-0.4, -0.2) is 57.6 Å². The molecule has 35 heavy (non-hydrogen) atoms. The van der Waals surface area contributed by atoms with Gasteiger partial charge in [-0.25, -0.2) is 8.42 Å². The normalized spacial score (nSPS) is 12.1. The van der Waals surface area contributed by atoms with E-state index in [1.165, 1.54) is 30.2 Å². The molecule has 0 spiro atoms. The molecule has 0 saturated carbocycles. The van der Waals surface area contributed by atoms with Crippen molar-refractivity contribution in [1.82, 2.24) is 10.2 Å². The summed E-state index contributed by atoms with van der Waals surface area (Å²) in [6.07, 6.45) is 2.69. The maximum absolute atomic E-state index is 13.5. The number of rotatable bonds is 12. The van der Waals surface area contributed by atoms with E-state index in [9.17, 15) is 18.0 Å². The molecule has 1 atom stereocenters. The largest absolute Gasteiger partial charge is 0.497 e. The van der Waals surface area contributed by atoms with Crippen molar-refractivity contribution in [3.63, 3.8) is 0 Å². The fourth-order valence-corrected chi connectivity index (χ4v) is 4.65. The van der Waals surface area contributed by atoms with Gasteiger partial charge in [0.1, 0.15) is 18.3 Å². The number of nitrogens with zero attached hydrogens (tertiary/aromatic N) is 2. The first kappa shape index (κ1) is 28.7. The Morgan fingerprint density at radius 1 is 1.14 bits per heavy atom. The number of hydrogen-bond donors (Lipinski definition) is 1. The number of carbonyl (C=O) groups is 2. The molecule has 2 aromatic rings. The minimum atomic E-state index is -3.91. The molecule has 2 rings (SSSR count). The van der Waals surface area contributed by atoms with Crippen molar-refractivity contribution in [1.29, 1.82) is 0 Å². The van der Waals surface area contributed by atoms with Gasteiger partial charge in [0.25, 0.3) is 0 Å². The zero-order valence-electron chi connectivity index (χ0n) is 20.3. The van der Waals surface area contributed by atoms with Crippen molar-refractivity contribution in [2.45, 2.75) is 39.3 Å². The van der Waals surface area contributed by atoms with Crippen molar-refractivity contribution in [2.24, 2.45) is 0 Å². The molecule has 0 aliphatic rings. The third-order valence-electron chi connectivity index (χ3n) is 5.34. The predicted octanol–water partition coefficient (Wildman–Crippen LogP) is 4.10. The summed E-state index contributed by atoms with van der Waals surface area (Å²) in [5.41, 5.74) is 0.800. The molecule has 1 N–H and O–H groups in total. The quantitative estimate of drug-likeness (QED) is 0.406. The molecular formula is C24H31Cl2N3O5S. The molecule has 2 aromatic carbocycles. The third-order valence-corrected chi connectivity index (χ3v) is 7.02. The SMILES string of the molecule is CCCCNC(=O)C(C)N(Cc1cccc(OC)c1)C(=O)CN(c1cc(Cl)ccc1Cl)S(C)(=O)=O. The monoisotopic (exact) mass is 543 g/mol. The highest BCUT2D eigenvalue weighted by Gasteiger charge is 2.31. The van der Waals surface area contributed by atoms with E-state index in [4.69, 9.17) is 27.9 Å². The van der Waals surface area contributed by atoms with Crippen LogP contribution in [0.5, 0.6) is 5.75 Å². The van der Waals surface area contributed by atoms with Gasteiger partial charge in [0.05, 0.1) is 24.1 Å². The molecule has 0 bridgehead atoms. The summed E-state index contributed by atoms with van der Waals surface area (Å²) in [6.45, 7) is 3.61. The summed E-state index contributed by atoms with van der Waals surface area (Å²) in [5.74, 6) is -0.313. The predicted molar refractivity (Wildman–Crippen MR) is 140 cm³/mol. The smallest absolute Gasteiger partial charge is 0.244 e. The number of nitrogens with one attached hydrogen (secondary N) is 1. The fraction of sp³-hybridized carbons (Fsp3) is 0.417. The first-order valence-electron chi connectivity index (χ1n) is 11.1. The zero-order chi connectivity index (χ0) is 26.2. The Balaban J connectivity index is 2.41. The lowest BCUT2D eigenvalue weighted by Gasteiger charge is -2.31. The standard InChI is InChI=1S/C24H31Cl2N3O5S/c1-5-6-12-27-24(31)17(2)28(15-18-8-7-9-20(13-18)34-3)23(30)16-29(35(4,32)33)22-14-19(25)10-11-21(22)26/h7-11,13-14,17H,5-6,12,15-16H2,1-4H3,(H,27,31). The second-order valence-electron chi connectivity index (χ2n) is 8.06. The van der Waals surface area contributed by atoms with Crippen LogP contribution in [0.3, 0.4) is 0 Å². The molecular weight excluding hydrogens is 513 g/mol. The maximum Gasteiger partial charge on any atom is 0.244 e. The van der Waals surface area contributed by atoms with Crippen LogP contribution in [0, 0.1) is 0 Å². The van der Waals surface area contributed by atoms with Crippen LogP contribution in [0.25, 0.3) is 0 Å². The number of halogens is 2. The maximum atomic E-state index is 13.5. The molecule has 0 aliphatic carbocycles. The molecule has 0 heterocycles. The molecule has 1 unspecified atom stereocenters. The number of anilines is 1. The number of carbonyl (C=O) groups excluding carboxylic acids is 2. The Morgan fingerprint density at radius 3 is 2.49 bits per heavy atom. The van der Waals surface area contributed by atoms with Gasteiger partial charge in [-0.05, 0) is 49.2 Å². The molecule has 11 heteroatoms. The van der Waals surface area contributed by atoms with Gasteiger partial charge in [-0.2, -0.15) is 0 Å². The molecule has 192 valence electrons. The van der Waals surface area contributed by atoms with E-state index < -0.39 is 28.5 Å². The summed E-state index contributed by atoms with van der Waals surface area (Å²) < 4.78 is 31.4. The second-order valence-corrected chi connectivity index (χ2v) is 10.8. The average molecular weight is 545 g/mol. The summed E-state index contributed by atoms with van der Waals surface area (Å²) in [7, 11) is -2.38. The summed E-state index contributed by atoms with van der Waals surface area (Å²) in [6, 6.07) is 10.6. The second kappa shape index (κ2) is 13.0. The highest BCUT2D eigenvalue weighted by molar-refractivity contribution is 7.92. The van der Waals surface area contributed by atoms with Crippen LogP contribution in [0.1, 0.15) is 32.3 Å². The van der Waals surface area contributed by atoms with E-state index in [0.29, 0.717) is 12.3 Å². The Hall–Kier alpha value is -2.49. The van der Waals surface area contributed by atoms with Gasteiger partial charge in [-0.3, -0.25) is 13.9 Å². The minimum absolute atomic E-state index is 0.0687. The van der Waals surface area contributed by atoms with Crippen molar-refractivity contribution in [3.05, 3.63) is 58.1 Å². The van der Waals surface area contributed by atoms with E-state index in [1.807, 2.05) is 6.92 Å². The van der Waals surface area contributed by atoms with Crippen LogP contribution in [0.2, 0.25) is 10.0 Å². The molecule has 0 radical (unpaired) electrons. The van der Waals surface area contributed by atoms with Gasteiger partial charge in [-0.15, -0.1) is 0 Å². The molecule has 2 amide bonds. The Labute approximate surface area is 217 Å². The number of benzene rings is 2. The van der Waals surface area contributed by atoms with Gasteiger partial charge in [0.15, 0.2) is 0 Å². The van der Waals surface area contributed by atoms with Gasteiger partial charge >= 0.3 is 0 Å². The number of sulfonamides is 1. The summed E-state index contributed by atoms with van der Waals surface area (Å²) >= 11 is 12.3. The van der Waals surface area contributed by atoms with Crippen LogP contribution >= 0.6 is 23.2 Å². The number of ether oxygens (including phenoxy) is 1. The van der Waals surface area contributed by atoms with Gasteiger partial charge < -0.3 is 15.0 Å². The highest BCUT2D eigenvalue weighted by Crippen LogP contribution is 2.31. The van der Waals surface area contributed by atoms with E-state index in [1.54, 1.807) is 31.2 Å². The molecule has 8 nitrogen and oxygen atoms in total. The van der Waals surface area contributed by atoms with Gasteiger partial charge in [0.2, 0.25) is 21.8 Å². The fourth-order valence-electron chi connectivity index (χ4n) is 3.36. The summed E-state index contributed by atoms with van der Waals surface area (Å²) in [5, 5.41) is 3.22. The highest BCUT2D eigenvalue weighted by atomic mass is 35.5. The van der Waals surface area contributed by atoms with Crippen molar-refractivity contribution >= 4 is 50.7 Å². The number of unbranched alkanes of at least 4 members (excludes halogenated alkanes) is 1. The number of methoxy groups -OCH3 is 1.